The van der Waals surface area contributed by atoms with Crippen LogP contribution < -0.4 is 0 Å². The largest absolute Gasteiger partial charge is 0.378 e. The molecule has 0 amide bonds. The Labute approximate surface area is 99.3 Å². The maximum Gasteiger partial charge on any atom is 0.152 e. The fraction of sp³-hybridized carbons (Fsp3) is 0.667. The SMILES string of the molecule is COCc1cc(=S)n(C2CCS(=O)(=O)C2)[nH]1. The topological polar surface area (TPSA) is 64.1 Å². The van der Waals surface area contributed by atoms with Crippen LogP contribution in [0.15, 0.2) is 6.07 Å². The van der Waals surface area contributed by atoms with Crippen molar-refractivity contribution in [3.63, 3.8) is 0 Å². The third-order valence-electron chi connectivity index (χ3n) is 2.67. The molecule has 0 bridgehead atoms. The number of nitrogens with one attached hydrogen (secondary N) is 1. The summed E-state index contributed by atoms with van der Waals surface area (Å²) in [6.45, 7) is 0.454. The number of hydrogen-bond donors (Lipinski definition) is 1. The number of aromatic nitrogens is 2. The number of H-pyrrole nitrogens is 1. The van der Waals surface area contributed by atoms with Gasteiger partial charge in [-0.05, 0) is 12.5 Å². The molecule has 1 saturated heterocycles. The minimum Gasteiger partial charge on any atom is -0.378 e. The van der Waals surface area contributed by atoms with Gasteiger partial charge >= 0.3 is 0 Å². The minimum absolute atomic E-state index is 0.0527. The first-order chi connectivity index (χ1) is 7.52. The second kappa shape index (κ2) is 4.31. The summed E-state index contributed by atoms with van der Waals surface area (Å²) in [5, 5.41) is 3.09. The first kappa shape index (κ1) is 11.8. The normalized spacial score (nSPS) is 23.7. The molecule has 1 fully saturated rings. The molecule has 1 N–H and O–H groups in total. The van der Waals surface area contributed by atoms with Crippen molar-refractivity contribution in [3.05, 3.63) is 16.4 Å². The van der Waals surface area contributed by atoms with E-state index in [1.54, 1.807) is 11.8 Å². The number of aromatic amines is 1. The van der Waals surface area contributed by atoms with E-state index in [9.17, 15) is 8.42 Å². The predicted octanol–water partition coefficient (Wildman–Crippen LogP) is 1.05. The highest BCUT2D eigenvalue weighted by molar-refractivity contribution is 7.91. The van der Waals surface area contributed by atoms with Gasteiger partial charge in [0.2, 0.25) is 0 Å². The number of sulfone groups is 1. The Hall–Kier alpha value is -0.660. The maximum atomic E-state index is 11.4. The molecular weight excluding hydrogens is 248 g/mol. The summed E-state index contributed by atoms with van der Waals surface area (Å²) in [6.07, 6.45) is 0.629. The maximum absolute atomic E-state index is 11.4. The van der Waals surface area contributed by atoms with Crippen molar-refractivity contribution in [2.75, 3.05) is 18.6 Å². The van der Waals surface area contributed by atoms with Gasteiger partial charge in [-0.3, -0.25) is 9.78 Å². The number of rotatable bonds is 3. The van der Waals surface area contributed by atoms with Crippen molar-refractivity contribution in [1.82, 2.24) is 9.78 Å². The van der Waals surface area contributed by atoms with Crippen LogP contribution >= 0.6 is 12.2 Å². The van der Waals surface area contributed by atoms with E-state index in [2.05, 4.69) is 5.10 Å². The molecule has 16 heavy (non-hydrogen) atoms. The van der Waals surface area contributed by atoms with Crippen LogP contribution in [0.3, 0.4) is 0 Å². The van der Waals surface area contributed by atoms with Crippen LogP contribution in [-0.2, 0) is 21.2 Å². The monoisotopic (exact) mass is 262 g/mol. The summed E-state index contributed by atoms with van der Waals surface area (Å²) in [4.78, 5) is 0. The van der Waals surface area contributed by atoms with E-state index in [1.807, 2.05) is 6.07 Å². The van der Waals surface area contributed by atoms with Crippen molar-refractivity contribution in [2.45, 2.75) is 19.1 Å². The van der Waals surface area contributed by atoms with Crippen LogP contribution in [0.1, 0.15) is 18.2 Å². The molecule has 1 aliphatic rings. The van der Waals surface area contributed by atoms with Gasteiger partial charge in [-0.15, -0.1) is 0 Å². The lowest BCUT2D eigenvalue weighted by Gasteiger charge is -2.09. The fourth-order valence-electron chi connectivity index (χ4n) is 1.94. The van der Waals surface area contributed by atoms with Crippen LogP contribution in [0, 0.1) is 4.64 Å². The van der Waals surface area contributed by atoms with Crippen molar-refractivity contribution in [2.24, 2.45) is 0 Å². The quantitative estimate of drug-likeness (QED) is 0.827. The lowest BCUT2D eigenvalue weighted by molar-refractivity contribution is 0.180. The van der Waals surface area contributed by atoms with Gasteiger partial charge in [0.05, 0.1) is 29.8 Å². The summed E-state index contributed by atoms with van der Waals surface area (Å²) in [6, 6.07) is 1.76. The Balaban J connectivity index is 2.25. The van der Waals surface area contributed by atoms with Crippen LogP contribution in [0.2, 0.25) is 0 Å². The molecule has 1 atom stereocenters. The number of hydrogen-bond acceptors (Lipinski definition) is 4. The Morgan fingerprint density at radius 2 is 2.44 bits per heavy atom. The van der Waals surface area contributed by atoms with E-state index >= 15 is 0 Å². The van der Waals surface area contributed by atoms with E-state index in [4.69, 9.17) is 17.0 Å². The molecule has 2 heterocycles. The number of ether oxygens (including phenoxy) is 1. The summed E-state index contributed by atoms with van der Waals surface area (Å²) < 4.78 is 30.1. The minimum atomic E-state index is -2.88. The lowest BCUT2D eigenvalue weighted by Crippen LogP contribution is -2.12. The highest BCUT2D eigenvalue weighted by Crippen LogP contribution is 2.23. The average molecular weight is 262 g/mol. The Morgan fingerprint density at radius 3 is 3.00 bits per heavy atom. The van der Waals surface area contributed by atoms with Crippen molar-refractivity contribution in [1.29, 1.82) is 0 Å². The highest BCUT2D eigenvalue weighted by Gasteiger charge is 2.29. The van der Waals surface area contributed by atoms with Crippen molar-refractivity contribution < 1.29 is 13.2 Å². The lowest BCUT2D eigenvalue weighted by atomic mass is 10.3. The number of methoxy groups -OCH3 is 1. The third-order valence-corrected chi connectivity index (χ3v) is 4.74. The molecule has 1 aromatic heterocycles. The van der Waals surface area contributed by atoms with Gasteiger partial charge in [0.1, 0.15) is 4.64 Å². The van der Waals surface area contributed by atoms with Crippen molar-refractivity contribution in [3.8, 4) is 0 Å². The van der Waals surface area contributed by atoms with Gasteiger partial charge < -0.3 is 4.74 Å². The standard InChI is InChI=1S/C9H14N2O3S2/c1-14-5-7-4-9(15)11(10-7)8-2-3-16(12,13)6-8/h4,8,10H,2-3,5-6H2,1H3. The van der Waals surface area contributed by atoms with Gasteiger partial charge in [-0.1, -0.05) is 12.2 Å². The van der Waals surface area contributed by atoms with Gasteiger partial charge in [0.15, 0.2) is 9.84 Å². The molecule has 5 nitrogen and oxygen atoms in total. The number of nitrogens with zero attached hydrogens (tertiary/aromatic N) is 1. The average Bonchev–Trinajstić information content (AvgIpc) is 2.70. The second-order valence-corrected chi connectivity index (χ2v) is 6.63. The zero-order valence-corrected chi connectivity index (χ0v) is 10.6. The molecule has 90 valence electrons. The van der Waals surface area contributed by atoms with Crippen LogP contribution in [0.4, 0.5) is 0 Å². The fourth-order valence-corrected chi connectivity index (χ4v) is 3.98. The van der Waals surface area contributed by atoms with Gasteiger partial charge in [-0.2, -0.15) is 0 Å². The van der Waals surface area contributed by atoms with Gasteiger partial charge in [0.25, 0.3) is 0 Å². The van der Waals surface area contributed by atoms with Crippen LogP contribution in [0.5, 0.6) is 0 Å². The van der Waals surface area contributed by atoms with E-state index in [-0.39, 0.29) is 17.5 Å². The smallest absolute Gasteiger partial charge is 0.152 e. The van der Waals surface area contributed by atoms with Crippen molar-refractivity contribution >= 4 is 22.1 Å². The molecule has 0 aliphatic carbocycles. The predicted molar refractivity (Wildman–Crippen MR) is 62.6 cm³/mol. The zero-order valence-electron chi connectivity index (χ0n) is 8.97. The molecule has 0 spiro atoms. The molecule has 1 unspecified atom stereocenters. The third kappa shape index (κ3) is 2.36. The summed E-state index contributed by atoms with van der Waals surface area (Å²) in [7, 11) is -1.28. The molecule has 0 aromatic carbocycles. The first-order valence-electron chi connectivity index (χ1n) is 5.01. The molecule has 2 rings (SSSR count). The first-order valence-corrected chi connectivity index (χ1v) is 7.24. The molecule has 1 aromatic rings. The molecular formula is C9H14N2O3S2. The van der Waals surface area contributed by atoms with Crippen LogP contribution in [0.25, 0.3) is 0 Å². The van der Waals surface area contributed by atoms with Gasteiger partial charge in [0, 0.05) is 7.11 Å². The molecule has 0 saturated carbocycles. The van der Waals surface area contributed by atoms with E-state index in [0.29, 0.717) is 17.7 Å². The van der Waals surface area contributed by atoms with E-state index < -0.39 is 9.84 Å². The van der Waals surface area contributed by atoms with Gasteiger partial charge in [-0.25, -0.2) is 8.42 Å². The summed E-state index contributed by atoms with van der Waals surface area (Å²) >= 11 is 5.18. The van der Waals surface area contributed by atoms with E-state index in [0.717, 1.165) is 5.69 Å². The Morgan fingerprint density at radius 1 is 1.69 bits per heavy atom. The Kier molecular flexibility index (Phi) is 3.18. The molecule has 0 radical (unpaired) electrons. The molecule has 1 aliphatic heterocycles. The van der Waals surface area contributed by atoms with E-state index in [1.165, 1.54) is 0 Å². The zero-order chi connectivity index (χ0) is 11.8. The highest BCUT2D eigenvalue weighted by atomic mass is 32.2. The summed E-state index contributed by atoms with van der Waals surface area (Å²) in [5.74, 6) is 0.423. The second-order valence-electron chi connectivity index (χ2n) is 3.98. The summed E-state index contributed by atoms with van der Waals surface area (Å²) in [5.41, 5.74) is 0.872. The Bertz CT molecular complexity index is 529. The van der Waals surface area contributed by atoms with Crippen LogP contribution in [-0.4, -0.2) is 36.8 Å². The molecule has 7 heteroatoms.